The van der Waals surface area contributed by atoms with Gasteiger partial charge >= 0.3 is 6.03 Å². The number of nitrogens with zero attached hydrogens (tertiary/aromatic N) is 1. The lowest BCUT2D eigenvalue weighted by Crippen LogP contribution is -2.41. The summed E-state index contributed by atoms with van der Waals surface area (Å²) in [7, 11) is -3.68. The van der Waals surface area contributed by atoms with Gasteiger partial charge in [-0.15, -0.1) is 0 Å². The average molecular weight is 443 g/mol. The van der Waals surface area contributed by atoms with E-state index in [-0.39, 0.29) is 17.2 Å². The number of carbonyl (C=O) groups is 2. The van der Waals surface area contributed by atoms with E-state index in [9.17, 15) is 18.0 Å². The number of hydrogen-bond acceptors (Lipinski definition) is 4. The highest BCUT2D eigenvalue weighted by molar-refractivity contribution is 7.91. The third kappa shape index (κ3) is 3.44. The fraction of sp³-hybridized carbons (Fsp3) is 0.182. The molecule has 4 rings (SSSR count). The Morgan fingerprint density at radius 2 is 1.63 bits per heavy atom. The number of halogens is 1. The lowest BCUT2D eigenvalue weighted by atomic mass is 9.88. The number of amides is 3. The Morgan fingerprint density at radius 3 is 2.37 bits per heavy atom. The molecule has 0 radical (unpaired) electrons. The summed E-state index contributed by atoms with van der Waals surface area (Å²) in [5.41, 5.74) is -0.607. The Balaban J connectivity index is 1.60. The van der Waals surface area contributed by atoms with Crippen molar-refractivity contribution in [1.29, 1.82) is 0 Å². The van der Waals surface area contributed by atoms with Gasteiger partial charge in [0.05, 0.1) is 10.6 Å². The second-order valence-corrected chi connectivity index (χ2v) is 9.86. The van der Waals surface area contributed by atoms with Crippen molar-refractivity contribution in [1.82, 2.24) is 10.2 Å². The van der Waals surface area contributed by atoms with Crippen LogP contribution in [0.2, 0.25) is 5.02 Å². The molecule has 154 valence electrons. The van der Waals surface area contributed by atoms with Crippen molar-refractivity contribution < 1.29 is 18.0 Å². The Hall–Kier alpha value is -2.90. The summed E-state index contributed by atoms with van der Waals surface area (Å²) in [4.78, 5) is 26.9. The molecule has 1 aliphatic heterocycles. The molecule has 3 aromatic carbocycles. The van der Waals surface area contributed by atoms with Crippen LogP contribution in [0.5, 0.6) is 0 Å². The van der Waals surface area contributed by atoms with Gasteiger partial charge in [0, 0.05) is 11.6 Å². The summed E-state index contributed by atoms with van der Waals surface area (Å²) in [6, 6.07) is 18.3. The van der Waals surface area contributed by atoms with Gasteiger partial charge < -0.3 is 5.32 Å². The number of imide groups is 1. The van der Waals surface area contributed by atoms with E-state index in [0.717, 1.165) is 15.7 Å². The Labute approximate surface area is 179 Å². The summed E-state index contributed by atoms with van der Waals surface area (Å²) in [5.74, 6) is -0.852. The van der Waals surface area contributed by atoms with Gasteiger partial charge in [0.1, 0.15) is 5.54 Å². The van der Waals surface area contributed by atoms with E-state index < -0.39 is 27.3 Å². The molecule has 0 aliphatic carbocycles. The number of hydrogen-bond donors (Lipinski definition) is 1. The molecule has 0 saturated carbocycles. The monoisotopic (exact) mass is 442 g/mol. The van der Waals surface area contributed by atoms with Crippen molar-refractivity contribution in [2.75, 3.05) is 12.3 Å². The van der Waals surface area contributed by atoms with E-state index in [2.05, 4.69) is 5.32 Å². The first-order valence-corrected chi connectivity index (χ1v) is 11.4. The molecule has 1 aliphatic rings. The van der Waals surface area contributed by atoms with Crippen molar-refractivity contribution in [3.63, 3.8) is 0 Å². The lowest BCUT2D eigenvalue weighted by Gasteiger charge is -2.24. The van der Waals surface area contributed by atoms with Crippen molar-refractivity contribution in [2.45, 2.75) is 17.4 Å². The summed E-state index contributed by atoms with van der Waals surface area (Å²) >= 11 is 5.81. The van der Waals surface area contributed by atoms with Gasteiger partial charge in [0.25, 0.3) is 5.91 Å². The van der Waals surface area contributed by atoms with Gasteiger partial charge in [-0.05, 0) is 47.5 Å². The zero-order valence-corrected chi connectivity index (χ0v) is 17.7. The molecule has 1 N–H and O–H groups in total. The second-order valence-electron chi connectivity index (χ2n) is 7.31. The summed E-state index contributed by atoms with van der Waals surface area (Å²) in [6.45, 7) is 1.40. The van der Waals surface area contributed by atoms with E-state index >= 15 is 0 Å². The molecule has 1 atom stereocenters. The maximum Gasteiger partial charge on any atom is 0.325 e. The minimum absolute atomic E-state index is 0.0933. The van der Waals surface area contributed by atoms with E-state index in [4.69, 9.17) is 11.6 Å². The molecule has 0 spiro atoms. The summed E-state index contributed by atoms with van der Waals surface area (Å²) in [5, 5.41) is 4.97. The Kier molecular flexibility index (Phi) is 5.03. The molecule has 0 aromatic heterocycles. The van der Waals surface area contributed by atoms with E-state index in [1.807, 2.05) is 36.4 Å². The summed E-state index contributed by atoms with van der Waals surface area (Å²) < 4.78 is 25.2. The molecule has 1 saturated heterocycles. The highest BCUT2D eigenvalue weighted by Crippen LogP contribution is 2.33. The normalized spacial score (nSPS) is 19.3. The van der Waals surface area contributed by atoms with Crippen molar-refractivity contribution in [3.8, 4) is 0 Å². The highest BCUT2D eigenvalue weighted by atomic mass is 35.5. The number of carbonyl (C=O) groups excluding carboxylic acids is 2. The van der Waals surface area contributed by atoms with Crippen LogP contribution in [-0.4, -0.2) is 37.6 Å². The minimum atomic E-state index is -3.68. The standard InChI is InChI=1S/C22H19ClN2O4S/c1-22(19-8-4-6-15-5-2-3-7-18(15)19)20(26)25(21(27)24-22)13-14-30(28,29)17-11-9-16(23)10-12-17/h2-12H,13-14H2,1H3,(H,24,27)/t22-/m1/s1. The maximum absolute atomic E-state index is 13.2. The van der Waals surface area contributed by atoms with Crippen LogP contribution in [0.1, 0.15) is 12.5 Å². The Bertz CT molecular complexity index is 1250. The molecule has 6 nitrogen and oxygen atoms in total. The Morgan fingerprint density at radius 1 is 0.967 bits per heavy atom. The second kappa shape index (κ2) is 7.41. The molecular formula is C22H19ClN2O4S. The van der Waals surface area contributed by atoms with Crippen LogP contribution in [0.4, 0.5) is 4.79 Å². The van der Waals surface area contributed by atoms with Gasteiger partial charge in [-0.2, -0.15) is 0 Å². The van der Waals surface area contributed by atoms with Crippen LogP contribution >= 0.6 is 11.6 Å². The first kappa shape index (κ1) is 20.4. The SMILES string of the molecule is C[C@]1(c2cccc3ccccc23)NC(=O)N(CCS(=O)(=O)c2ccc(Cl)cc2)C1=O. The van der Waals surface area contributed by atoms with Crippen LogP contribution < -0.4 is 5.32 Å². The van der Waals surface area contributed by atoms with E-state index in [1.165, 1.54) is 24.3 Å². The van der Waals surface area contributed by atoms with Gasteiger partial charge in [-0.25, -0.2) is 13.2 Å². The lowest BCUT2D eigenvalue weighted by molar-refractivity contribution is -0.130. The third-order valence-electron chi connectivity index (χ3n) is 5.36. The quantitative estimate of drug-likeness (QED) is 0.610. The molecule has 8 heteroatoms. The average Bonchev–Trinajstić information content (AvgIpc) is 2.95. The van der Waals surface area contributed by atoms with Crippen molar-refractivity contribution in [3.05, 3.63) is 77.3 Å². The molecule has 30 heavy (non-hydrogen) atoms. The molecule has 3 amide bonds. The topological polar surface area (TPSA) is 83.6 Å². The third-order valence-corrected chi connectivity index (χ3v) is 7.32. The zero-order valence-electron chi connectivity index (χ0n) is 16.1. The smallest absolute Gasteiger partial charge is 0.319 e. The minimum Gasteiger partial charge on any atom is -0.319 e. The molecule has 1 heterocycles. The molecule has 0 unspecified atom stereocenters. The van der Waals surface area contributed by atoms with Gasteiger partial charge in [0.15, 0.2) is 9.84 Å². The van der Waals surface area contributed by atoms with Crippen LogP contribution in [-0.2, 0) is 20.2 Å². The maximum atomic E-state index is 13.2. The number of benzene rings is 3. The largest absolute Gasteiger partial charge is 0.325 e. The van der Waals surface area contributed by atoms with Gasteiger partial charge in [-0.1, -0.05) is 54.1 Å². The molecule has 3 aromatic rings. The zero-order chi connectivity index (χ0) is 21.5. The van der Waals surface area contributed by atoms with Crippen LogP contribution in [0, 0.1) is 0 Å². The van der Waals surface area contributed by atoms with Crippen LogP contribution in [0.3, 0.4) is 0 Å². The first-order valence-electron chi connectivity index (χ1n) is 9.33. The number of rotatable bonds is 5. The first-order chi connectivity index (χ1) is 14.2. The predicted molar refractivity (Wildman–Crippen MR) is 115 cm³/mol. The fourth-order valence-corrected chi connectivity index (χ4v) is 5.05. The predicted octanol–water partition coefficient (Wildman–Crippen LogP) is 3.73. The van der Waals surface area contributed by atoms with Gasteiger partial charge in [0.2, 0.25) is 0 Å². The number of fused-ring (bicyclic) bond motifs is 1. The van der Waals surface area contributed by atoms with Crippen LogP contribution in [0.15, 0.2) is 71.6 Å². The summed E-state index contributed by atoms with van der Waals surface area (Å²) in [6.07, 6.45) is 0. The number of sulfone groups is 1. The van der Waals surface area contributed by atoms with Crippen LogP contribution in [0.25, 0.3) is 10.8 Å². The van der Waals surface area contributed by atoms with Gasteiger partial charge in [-0.3, -0.25) is 9.69 Å². The van der Waals surface area contributed by atoms with Crippen molar-refractivity contribution >= 4 is 44.1 Å². The molecule has 1 fully saturated rings. The fourth-order valence-electron chi connectivity index (χ4n) is 3.72. The number of urea groups is 1. The van der Waals surface area contributed by atoms with E-state index in [0.29, 0.717) is 10.6 Å². The highest BCUT2D eigenvalue weighted by Gasteiger charge is 2.49. The van der Waals surface area contributed by atoms with Crippen molar-refractivity contribution in [2.24, 2.45) is 0 Å². The molecule has 0 bridgehead atoms. The van der Waals surface area contributed by atoms with E-state index in [1.54, 1.807) is 13.0 Å². The molecular weight excluding hydrogens is 424 g/mol. The number of nitrogens with one attached hydrogen (secondary N) is 1.